The lowest BCUT2D eigenvalue weighted by Gasteiger charge is -2.35. The summed E-state index contributed by atoms with van der Waals surface area (Å²) < 4.78 is 6.42. The first-order valence-electron chi connectivity index (χ1n) is 21.8. The van der Waals surface area contributed by atoms with Crippen LogP contribution in [0.25, 0.3) is 76.5 Å². The van der Waals surface area contributed by atoms with Crippen LogP contribution in [0.15, 0.2) is 241 Å². The monoisotopic (exact) mass is 801 g/mol. The minimum Gasteiger partial charge on any atom is -0.456 e. The second-order valence-electron chi connectivity index (χ2n) is 16.7. The first-order valence-corrected chi connectivity index (χ1v) is 21.8. The van der Waals surface area contributed by atoms with Crippen LogP contribution in [-0.2, 0) is 5.41 Å². The highest BCUT2D eigenvalue weighted by molar-refractivity contribution is 6.34. The maximum atomic E-state index is 6.42. The Morgan fingerprint density at radius 1 is 0.302 bits per heavy atom. The summed E-state index contributed by atoms with van der Waals surface area (Å²) in [4.78, 5) is 2.41. The second kappa shape index (κ2) is 13.9. The topological polar surface area (TPSA) is 16.4 Å². The smallest absolute Gasteiger partial charge is 0.136 e. The molecule has 12 aromatic rings. The van der Waals surface area contributed by atoms with Gasteiger partial charge in [-0.2, -0.15) is 0 Å². The predicted octanol–water partition coefficient (Wildman–Crippen LogP) is 16.5. The van der Waals surface area contributed by atoms with E-state index in [9.17, 15) is 0 Å². The zero-order chi connectivity index (χ0) is 41.5. The van der Waals surface area contributed by atoms with Crippen molar-refractivity contribution >= 4 is 71.3 Å². The Bertz CT molecular complexity index is 3700. The van der Waals surface area contributed by atoms with Gasteiger partial charge in [-0.1, -0.05) is 176 Å². The molecule has 1 aliphatic rings. The Morgan fingerprint density at radius 2 is 0.873 bits per heavy atom. The predicted molar refractivity (Wildman–Crippen MR) is 264 cm³/mol. The van der Waals surface area contributed by atoms with Crippen molar-refractivity contribution < 1.29 is 4.42 Å². The molecule has 0 unspecified atom stereocenters. The standard InChI is InChI=1S/C61H39NO/c1-4-18-42(19-5-1)61(43-20-6-2-7-21-43)55-29-14-12-26-49(55)50-34-32-46(39-56(50)61)62(44-22-8-3-9-23-44)45-24-16-17-40(37-45)41-31-33-48-47-25-10-11-27-51(47)59-52(54(48)38-41)35-36-58-60(59)53-28-13-15-30-57(53)63-58/h1-39H. The first kappa shape index (κ1) is 35.5. The van der Waals surface area contributed by atoms with Crippen molar-refractivity contribution in [3.8, 4) is 22.3 Å². The largest absolute Gasteiger partial charge is 0.456 e. The minimum absolute atomic E-state index is 0.499. The van der Waals surface area contributed by atoms with E-state index < -0.39 is 5.41 Å². The molecule has 1 heterocycles. The molecule has 13 rings (SSSR count). The molecular weight excluding hydrogens is 763 g/mol. The van der Waals surface area contributed by atoms with Gasteiger partial charge in [-0.25, -0.2) is 0 Å². The van der Waals surface area contributed by atoms with Gasteiger partial charge in [0.05, 0.1) is 5.41 Å². The number of hydrogen-bond donors (Lipinski definition) is 0. The Hall–Kier alpha value is -8.20. The molecule has 2 nitrogen and oxygen atoms in total. The lowest BCUT2D eigenvalue weighted by Crippen LogP contribution is -2.28. The fourth-order valence-corrected chi connectivity index (χ4v) is 10.9. The molecule has 0 saturated heterocycles. The van der Waals surface area contributed by atoms with Gasteiger partial charge in [0.1, 0.15) is 11.2 Å². The van der Waals surface area contributed by atoms with Gasteiger partial charge in [0.25, 0.3) is 0 Å². The van der Waals surface area contributed by atoms with Crippen molar-refractivity contribution in [3.63, 3.8) is 0 Å². The fourth-order valence-electron chi connectivity index (χ4n) is 10.9. The molecule has 11 aromatic carbocycles. The maximum absolute atomic E-state index is 6.42. The number of benzene rings is 11. The van der Waals surface area contributed by atoms with Crippen molar-refractivity contribution in [2.75, 3.05) is 4.90 Å². The van der Waals surface area contributed by atoms with Gasteiger partial charge < -0.3 is 9.32 Å². The molecule has 1 aliphatic carbocycles. The summed E-state index contributed by atoms with van der Waals surface area (Å²) in [5.41, 5.74) is 14.6. The van der Waals surface area contributed by atoms with E-state index in [1.54, 1.807) is 0 Å². The molecule has 294 valence electrons. The van der Waals surface area contributed by atoms with Crippen LogP contribution < -0.4 is 4.90 Å². The normalized spacial score (nSPS) is 12.9. The van der Waals surface area contributed by atoms with E-state index in [2.05, 4.69) is 235 Å². The average molecular weight is 802 g/mol. The Kier molecular flexibility index (Phi) is 7.85. The molecule has 0 bridgehead atoms. The zero-order valence-electron chi connectivity index (χ0n) is 34.4. The van der Waals surface area contributed by atoms with Crippen LogP contribution in [0, 0.1) is 0 Å². The van der Waals surface area contributed by atoms with Crippen LogP contribution in [0.2, 0.25) is 0 Å². The third-order valence-electron chi connectivity index (χ3n) is 13.5. The number of hydrogen-bond acceptors (Lipinski definition) is 2. The maximum Gasteiger partial charge on any atom is 0.136 e. The molecule has 0 amide bonds. The molecular formula is C61H39NO. The highest BCUT2D eigenvalue weighted by Crippen LogP contribution is 2.57. The lowest BCUT2D eigenvalue weighted by atomic mass is 9.67. The third kappa shape index (κ3) is 5.25. The van der Waals surface area contributed by atoms with Crippen LogP contribution >= 0.6 is 0 Å². The van der Waals surface area contributed by atoms with E-state index in [0.717, 1.165) is 39.2 Å². The van der Waals surface area contributed by atoms with Crippen LogP contribution in [0.5, 0.6) is 0 Å². The fraction of sp³-hybridized carbons (Fsp3) is 0.0164. The summed E-state index contributed by atoms with van der Waals surface area (Å²) in [5, 5.41) is 9.75. The van der Waals surface area contributed by atoms with Crippen molar-refractivity contribution in [2.24, 2.45) is 0 Å². The van der Waals surface area contributed by atoms with E-state index in [4.69, 9.17) is 4.42 Å². The van der Waals surface area contributed by atoms with Crippen LogP contribution in [0.1, 0.15) is 22.3 Å². The molecule has 1 aromatic heterocycles. The molecule has 0 radical (unpaired) electrons. The SMILES string of the molecule is c1ccc(N(c2cccc(-c3ccc4c5ccccc5c5c(ccc6oc7ccccc7c65)c4c3)c2)c2ccc3c(c2)C(c2ccccc2)(c2ccccc2)c2ccccc2-3)cc1. The minimum atomic E-state index is -0.499. The van der Waals surface area contributed by atoms with Crippen LogP contribution in [-0.4, -0.2) is 0 Å². The number of para-hydroxylation sites is 2. The van der Waals surface area contributed by atoms with Gasteiger partial charge in [-0.3, -0.25) is 0 Å². The van der Waals surface area contributed by atoms with Crippen molar-refractivity contribution in [1.29, 1.82) is 0 Å². The Balaban J connectivity index is 1.01. The molecule has 0 spiro atoms. The second-order valence-corrected chi connectivity index (χ2v) is 16.7. The molecule has 0 saturated carbocycles. The van der Waals surface area contributed by atoms with Crippen LogP contribution in [0.3, 0.4) is 0 Å². The first-order chi connectivity index (χ1) is 31.3. The number of nitrogens with zero attached hydrogens (tertiary/aromatic N) is 1. The molecule has 0 aliphatic heterocycles. The summed E-state index contributed by atoms with van der Waals surface area (Å²) in [6.45, 7) is 0. The number of anilines is 3. The van der Waals surface area contributed by atoms with Crippen molar-refractivity contribution in [2.45, 2.75) is 5.41 Å². The highest BCUT2D eigenvalue weighted by atomic mass is 16.3. The highest BCUT2D eigenvalue weighted by Gasteiger charge is 2.46. The van der Waals surface area contributed by atoms with E-state index in [1.165, 1.54) is 76.6 Å². The van der Waals surface area contributed by atoms with E-state index in [0.29, 0.717) is 0 Å². The van der Waals surface area contributed by atoms with E-state index >= 15 is 0 Å². The van der Waals surface area contributed by atoms with Gasteiger partial charge in [0.15, 0.2) is 0 Å². The summed E-state index contributed by atoms with van der Waals surface area (Å²) >= 11 is 0. The third-order valence-corrected chi connectivity index (χ3v) is 13.5. The van der Waals surface area contributed by atoms with Gasteiger partial charge in [0.2, 0.25) is 0 Å². The van der Waals surface area contributed by atoms with Gasteiger partial charge in [-0.05, 0) is 132 Å². The molecule has 2 heteroatoms. The number of fused-ring (bicyclic) bond motifs is 13. The Morgan fingerprint density at radius 3 is 1.67 bits per heavy atom. The number of furan rings is 1. The van der Waals surface area contributed by atoms with Crippen LogP contribution in [0.4, 0.5) is 17.1 Å². The van der Waals surface area contributed by atoms with Crippen molar-refractivity contribution in [3.05, 3.63) is 259 Å². The summed E-state index contributed by atoms with van der Waals surface area (Å²) in [6.07, 6.45) is 0. The summed E-state index contributed by atoms with van der Waals surface area (Å²) in [7, 11) is 0. The Labute approximate surface area is 365 Å². The lowest BCUT2D eigenvalue weighted by molar-refractivity contribution is 0.669. The summed E-state index contributed by atoms with van der Waals surface area (Å²) in [5.74, 6) is 0. The van der Waals surface area contributed by atoms with E-state index in [-0.39, 0.29) is 0 Å². The molecule has 0 atom stereocenters. The average Bonchev–Trinajstić information content (AvgIpc) is 3.89. The molecule has 63 heavy (non-hydrogen) atoms. The van der Waals surface area contributed by atoms with Gasteiger partial charge in [0, 0.05) is 33.2 Å². The summed E-state index contributed by atoms with van der Waals surface area (Å²) in [6, 6.07) is 86.6. The van der Waals surface area contributed by atoms with Gasteiger partial charge in [-0.15, -0.1) is 0 Å². The van der Waals surface area contributed by atoms with Gasteiger partial charge >= 0.3 is 0 Å². The molecule has 0 fully saturated rings. The quantitative estimate of drug-likeness (QED) is 0.156. The number of rotatable bonds is 6. The van der Waals surface area contributed by atoms with Crippen molar-refractivity contribution in [1.82, 2.24) is 0 Å². The molecule has 0 N–H and O–H groups in total. The zero-order valence-corrected chi connectivity index (χ0v) is 34.4. The van der Waals surface area contributed by atoms with E-state index in [1.807, 2.05) is 6.07 Å².